The second-order valence-electron chi connectivity index (χ2n) is 5.51. The van der Waals surface area contributed by atoms with Crippen LogP contribution >= 0.6 is 0 Å². The zero-order chi connectivity index (χ0) is 15.6. The van der Waals surface area contributed by atoms with E-state index in [9.17, 15) is 9.18 Å². The molecule has 0 bridgehead atoms. The number of hydrogen-bond donors (Lipinski definition) is 1. The van der Waals surface area contributed by atoms with Gasteiger partial charge in [0.1, 0.15) is 5.82 Å². The Hall–Kier alpha value is -2.16. The number of aryl methyl sites for hydroxylation is 1. The fraction of sp³-hybridized carbons (Fsp3) is 0.278. The lowest BCUT2D eigenvalue weighted by atomic mass is 9.93. The Morgan fingerprint density at radius 3 is 2.48 bits per heavy atom. The molecule has 0 aliphatic carbocycles. The second-order valence-corrected chi connectivity index (χ2v) is 5.51. The monoisotopic (exact) mass is 285 g/mol. The van der Waals surface area contributed by atoms with Crippen molar-refractivity contribution in [1.29, 1.82) is 0 Å². The minimum Gasteiger partial charge on any atom is -0.355 e. The Balaban J connectivity index is 2.54. The average Bonchev–Trinajstić information content (AvgIpc) is 2.48. The lowest BCUT2D eigenvalue weighted by Gasteiger charge is -2.13. The number of carbonyl (C=O) groups excluding carboxylic acids is 1. The van der Waals surface area contributed by atoms with E-state index >= 15 is 0 Å². The van der Waals surface area contributed by atoms with Gasteiger partial charge in [-0.15, -0.1) is 0 Å². The molecule has 0 fully saturated rings. The standard InChI is InChI=1S/C18H20FNO/c1-11(2)16-10-15(8-12(3)17(16)19)13-6-5-7-14(9-13)18(21)20-4/h5-11H,1-4H3,(H,20,21). The highest BCUT2D eigenvalue weighted by atomic mass is 19.1. The maximum absolute atomic E-state index is 14.1. The third kappa shape index (κ3) is 3.13. The van der Waals surface area contributed by atoms with Crippen LogP contribution < -0.4 is 5.32 Å². The third-order valence-corrected chi connectivity index (χ3v) is 3.59. The molecule has 0 aliphatic heterocycles. The van der Waals surface area contributed by atoms with E-state index in [1.165, 1.54) is 0 Å². The number of halogens is 1. The summed E-state index contributed by atoms with van der Waals surface area (Å²) in [7, 11) is 1.61. The lowest BCUT2D eigenvalue weighted by Crippen LogP contribution is -2.17. The summed E-state index contributed by atoms with van der Waals surface area (Å²) in [6, 6.07) is 11.1. The topological polar surface area (TPSA) is 29.1 Å². The zero-order valence-electron chi connectivity index (χ0n) is 12.8. The molecular weight excluding hydrogens is 265 g/mol. The molecule has 0 aromatic heterocycles. The van der Waals surface area contributed by atoms with Crippen LogP contribution in [0.2, 0.25) is 0 Å². The van der Waals surface area contributed by atoms with Crippen molar-refractivity contribution >= 4 is 5.91 Å². The highest BCUT2D eigenvalue weighted by Gasteiger charge is 2.13. The molecule has 0 spiro atoms. The number of nitrogens with one attached hydrogen (secondary N) is 1. The van der Waals surface area contributed by atoms with Crippen molar-refractivity contribution in [2.45, 2.75) is 26.7 Å². The van der Waals surface area contributed by atoms with Gasteiger partial charge in [0.2, 0.25) is 0 Å². The number of carbonyl (C=O) groups is 1. The molecule has 0 radical (unpaired) electrons. The van der Waals surface area contributed by atoms with Gasteiger partial charge < -0.3 is 5.32 Å². The van der Waals surface area contributed by atoms with E-state index in [-0.39, 0.29) is 17.6 Å². The quantitative estimate of drug-likeness (QED) is 0.895. The van der Waals surface area contributed by atoms with Crippen LogP contribution in [-0.4, -0.2) is 13.0 Å². The predicted octanol–water partition coefficient (Wildman–Crippen LogP) is 4.28. The number of amides is 1. The van der Waals surface area contributed by atoms with Gasteiger partial charge in [-0.1, -0.05) is 26.0 Å². The minimum atomic E-state index is -0.142. The van der Waals surface area contributed by atoms with Gasteiger partial charge in [-0.25, -0.2) is 4.39 Å². The smallest absolute Gasteiger partial charge is 0.251 e. The average molecular weight is 285 g/mol. The zero-order valence-corrected chi connectivity index (χ0v) is 12.8. The van der Waals surface area contributed by atoms with Crippen LogP contribution in [0.4, 0.5) is 4.39 Å². The lowest BCUT2D eigenvalue weighted by molar-refractivity contribution is 0.0963. The first kappa shape index (κ1) is 15.2. The van der Waals surface area contributed by atoms with Gasteiger partial charge >= 0.3 is 0 Å². The molecule has 1 amide bonds. The molecule has 2 aromatic rings. The normalized spacial score (nSPS) is 10.8. The molecule has 0 unspecified atom stereocenters. The van der Waals surface area contributed by atoms with Gasteiger partial charge in [0.25, 0.3) is 5.91 Å². The van der Waals surface area contributed by atoms with Gasteiger partial charge in [0.15, 0.2) is 0 Å². The van der Waals surface area contributed by atoms with Crippen molar-refractivity contribution in [3.8, 4) is 11.1 Å². The van der Waals surface area contributed by atoms with Crippen molar-refractivity contribution in [3.63, 3.8) is 0 Å². The summed E-state index contributed by atoms with van der Waals surface area (Å²) in [5.41, 5.74) is 3.78. The van der Waals surface area contributed by atoms with Crippen molar-refractivity contribution < 1.29 is 9.18 Å². The molecule has 0 atom stereocenters. The van der Waals surface area contributed by atoms with E-state index < -0.39 is 0 Å². The second kappa shape index (κ2) is 6.08. The molecule has 2 nitrogen and oxygen atoms in total. The van der Waals surface area contributed by atoms with Crippen molar-refractivity contribution in [1.82, 2.24) is 5.32 Å². The van der Waals surface area contributed by atoms with Gasteiger partial charge in [0, 0.05) is 12.6 Å². The summed E-state index contributed by atoms with van der Waals surface area (Å²) >= 11 is 0. The number of rotatable bonds is 3. The maximum Gasteiger partial charge on any atom is 0.251 e. The Labute approximate surface area is 125 Å². The first-order valence-corrected chi connectivity index (χ1v) is 7.06. The van der Waals surface area contributed by atoms with Crippen LogP contribution in [0.3, 0.4) is 0 Å². The maximum atomic E-state index is 14.1. The number of hydrogen-bond acceptors (Lipinski definition) is 1. The van der Waals surface area contributed by atoms with E-state index in [1.807, 2.05) is 44.2 Å². The van der Waals surface area contributed by atoms with Crippen LogP contribution in [0, 0.1) is 12.7 Å². The van der Waals surface area contributed by atoms with Crippen molar-refractivity contribution in [2.24, 2.45) is 0 Å². The van der Waals surface area contributed by atoms with Crippen molar-refractivity contribution in [3.05, 3.63) is 58.9 Å². The fourth-order valence-electron chi connectivity index (χ4n) is 2.37. The van der Waals surface area contributed by atoms with E-state index in [0.717, 1.165) is 11.1 Å². The van der Waals surface area contributed by atoms with Crippen LogP contribution in [0.25, 0.3) is 11.1 Å². The van der Waals surface area contributed by atoms with Crippen LogP contribution in [0.1, 0.15) is 41.3 Å². The van der Waals surface area contributed by atoms with Gasteiger partial charge in [-0.3, -0.25) is 4.79 Å². The molecule has 110 valence electrons. The Kier molecular flexibility index (Phi) is 4.41. The highest BCUT2D eigenvalue weighted by molar-refractivity contribution is 5.95. The molecule has 21 heavy (non-hydrogen) atoms. The van der Waals surface area contributed by atoms with Crippen molar-refractivity contribution in [2.75, 3.05) is 7.05 Å². The molecule has 2 aromatic carbocycles. The van der Waals surface area contributed by atoms with E-state index in [1.54, 1.807) is 20.0 Å². The first-order chi connectivity index (χ1) is 9.93. The summed E-state index contributed by atoms with van der Waals surface area (Å²) in [5.74, 6) is -0.151. The molecule has 1 N–H and O–H groups in total. The van der Waals surface area contributed by atoms with E-state index in [0.29, 0.717) is 16.7 Å². The molecule has 0 saturated heterocycles. The molecule has 3 heteroatoms. The molecule has 0 heterocycles. The van der Waals surface area contributed by atoms with Gasteiger partial charge in [-0.05, 0) is 59.4 Å². The molecule has 0 aliphatic rings. The molecular formula is C18H20FNO. The summed E-state index contributed by atoms with van der Waals surface area (Å²) in [6.45, 7) is 5.72. The predicted molar refractivity (Wildman–Crippen MR) is 84.1 cm³/mol. The van der Waals surface area contributed by atoms with Crippen LogP contribution in [-0.2, 0) is 0 Å². The summed E-state index contributed by atoms with van der Waals surface area (Å²) < 4.78 is 14.1. The SMILES string of the molecule is CNC(=O)c1cccc(-c2cc(C)c(F)c(C(C)C)c2)c1. The first-order valence-electron chi connectivity index (χ1n) is 7.06. The Bertz CT molecular complexity index is 677. The molecule has 2 rings (SSSR count). The Morgan fingerprint density at radius 1 is 1.14 bits per heavy atom. The summed E-state index contributed by atoms with van der Waals surface area (Å²) in [6.07, 6.45) is 0. The van der Waals surface area contributed by atoms with Gasteiger partial charge in [0.05, 0.1) is 0 Å². The highest BCUT2D eigenvalue weighted by Crippen LogP contribution is 2.29. The van der Waals surface area contributed by atoms with E-state index in [2.05, 4.69) is 5.32 Å². The third-order valence-electron chi connectivity index (χ3n) is 3.59. The minimum absolute atomic E-state index is 0.116. The Morgan fingerprint density at radius 2 is 1.86 bits per heavy atom. The van der Waals surface area contributed by atoms with Gasteiger partial charge in [-0.2, -0.15) is 0 Å². The molecule has 0 saturated carbocycles. The van der Waals surface area contributed by atoms with E-state index in [4.69, 9.17) is 0 Å². The fourth-order valence-corrected chi connectivity index (χ4v) is 2.37. The number of benzene rings is 2. The van der Waals surface area contributed by atoms with Crippen LogP contribution in [0.5, 0.6) is 0 Å². The summed E-state index contributed by atoms with van der Waals surface area (Å²) in [5, 5.41) is 2.61. The summed E-state index contributed by atoms with van der Waals surface area (Å²) in [4.78, 5) is 11.7. The largest absolute Gasteiger partial charge is 0.355 e. The van der Waals surface area contributed by atoms with Crippen LogP contribution in [0.15, 0.2) is 36.4 Å².